The second kappa shape index (κ2) is 11.4. The smallest absolute Gasteiger partial charge is 0.414 e. The summed E-state index contributed by atoms with van der Waals surface area (Å²) in [5.74, 6) is -1.43. The molecule has 0 saturated heterocycles. The number of nitrogens with one attached hydrogen (secondary N) is 2. The van der Waals surface area contributed by atoms with Gasteiger partial charge in [0.25, 0.3) is 11.5 Å². The van der Waals surface area contributed by atoms with Gasteiger partial charge in [0.05, 0.1) is 22.3 Å². The molecular formula is C20H21Cl2N5O6. The van der Waals surface area contributed by atoms with E-state index in [0.29, 0.717) is 5.56 Å². The van der Waals surface area contributed by atoms with Gasteiger partial charge in [-0.25, -0.2) is 9.89 Å². The first-order valence-electron chi connectivity index (χ1n) is 9.59. The number of aliphatic hydroxyl groups excluding tert-OH is 1. The Hall–Kier alpha value is -3.44. The van der Waals surface area contributed by atoms with Crippen molar-refractivity contribution in [2.45, 2.75) is 33.6 Å². The molecule has 176 valence electrons. The maximum atomic E-state index is 12.1. The van der Waals surface area contributed by atoms with Crippen molar-refractivity contribution in [3.05, 3.63) is 55.6 Å². The molecule has 1 aromatic heterocycles. The van der Waals surface area contributed by atoms with E-state index in [0.717, 1.165) is 0 Å². The van der Waals surface area contributed by atoms with Crippen molar-refractivity contribution in [1.82, 2.24) is 15.5 Å². The lowest BCUT2D eigenvalue weighted by atomic mass is 10.1. The fraction of sp³-hybridized carbons (Fsp3) is 0.300. The lowest BCUT2D eigenvalue weighted by molar-refractivity contribution is -0.117. The number of aromatic nitrogens is 2. The van der Waals surface area contributed by atoms with Gasteiger partial charge in [0.15, 0.2) is 11.4 Å². The van der Waals surface area contributed by atoms with E-state index in [-0.39, 0.29) is 45.4 Å². The lowest BCUT2D eigenvalue weighted by Crippen LogP contribution is -2.32. The molecule has 2 amide bonds. The Bertz CT molecular complexity index is 1150. The van der Waals surface area contributed by atoms with E-state index >= 15 is 0 Å². The van der Waals surface area contributed by atoms with E-state index in [1.165, 1.54) is 25.1 Å². The lowest BCUT2D eigenvalue weighted by Gasteiger charge is -2.11. The predicted octanol–water partition coefficient (Wildman–Crippen LogP) is 5.14. The summed E-state index contributed by atoms with van der Waals surface area (Å²) >= 11 is 12.5. The Morgan fingerprint density at radius 2 is 1.88 bits per heavy atom. The minimum Gasteiger partial charge on any atom is -0.510 e. The van der Waals surface area contributed by atoms with Crippen molar-refractivity contribution in [2.24, 2.45) is 10.2 Å². The van der Waals surface area contributed by atoms with Gasteiger partial charge in [-0.15, -0.1) is 10.2 Å². The van der Waals surface area contributed by atoms with E-state index in [1.54, 1.807) is 6.92 Å². The molecule has 0 saturated carbocycles. The molecule has 2 aromatic rings. The van der Waals surface area contributed by atoms with Crippen LogP contribution < -0.4 is 15.6 Å². The second-order valence-electron chi connectivity index (χ2n) is 6.79. The first kappa shape index (κ1) is 25.8. The number of halogens is 2. The minimum absolute atomic E-state index is 0.0396. The predicted molar refractivity (Wildman–Crippen MR) is 120 cm³/mol. The van der Waals surface area contributed by atoms with Crippen molar-refractivity contribution in [3.8, 4) is 11.6 Å². The zero-order chi connectivity index (χ0) is 24.7. The molecular weight excluding hydrogens is 477 g/mol. The molecule has 0 radical (unpaired) electrons. The van der Waals surface area contributed by atoms with E-state index in [2.05, 4.69) is 25.2 Å². The Labute approximate surface area is 198 Å². The Kier molecular flexibility index (Phi) is 8.94. The maximum Gasteiger partial charge on any atom is 0.414 e. The molecule has 1 aromatic carbocycles. The standard InChI is InChI=1S/C20H21Cl2N5O6/c1-5-32-20(31)23-19(30)16(10(4)28)26-24-11-6-13(21)17(14(22)7-11)33-15-8-12(9(2)3)18(29)27-25-15/h6-9,28H,5H2,1-4H3,(H,27,29)(H,23,30,31). The number of H-pyrrole nitrogens is 1. The third kappa shape index (κ3) is 7.02. The largest absolute Gasteiger partial charge is 0.510 e. The molecule has 0 unspecified atom stereocenters. The van der Waals surface area contributed by atoms with Crippen LogP contribution in [0.2, 0.25) is 10.0 Å². The number of imide groups is 1. The van der Waals surface area contributed by atoms with Crippen LogP contribution in [0.25, 0.3) is 0 Å². The number of alkyl carbamates (subject to hydrolysis) is 1. The van der Waals surface area contributed by atoms with Crippen LogP contribution in [-0.4, -0.2) is 33.9 Å². The molecule has 1 heterocycles. The third-order valence-electron chi connectivity index (χ3n) is 3.93. The summed E-state index contributed by atoms with van der Waals surface area (Å²) in [6, 6.07) is 4.16. The summed E-state index contributed by atoms with van der Waals surface area (Å²) in [5.41, 5.74) is -0.260. The van der Waals surface area contributed by atoms with E-state index < -0.39 is 23.5 Å². The molecule has 0 aliphatic rings. The number of carbonyl (C=O) groups is 2. The summed E-state index contributed by atoms with van der Waals surface area (Å²) in [6.45, 7) is 6.50. The number of amides is 2. The first-order chi connectivity index (χ1) is 15.5. The van der Waals surface area contributed by atoms with Gasteiger partial charge >= 0.3 is 6.09 Å². The van der Waals surface area contributed by atoms with Crippen LogP contribution in [0.3, 0.4) is 0 Å². The summed E-state index contributed by atoms with van der Waals surface area (Å²) in [6.07, 6.45) is -1.000. The van der Waals surface area contributed by atoms with E-state index in [4.69, 9.17) is 27.9 Å². The van der Waals surface area contributed by atoms with Crippen LogP contribution in [0.15, 0.2) is 44.7 Å². The van der Waals surface area contributed by atoms with Gasteiger partial charge in [-0.05, 0) is 31.9 Å². The van der Waals surface area contributed by atoms with Gasteiger partial charge in [0, 0.05) is 11.6 Å². The van der Waals surface area contributed by atoms with Gasteiger partial charge in [0.1, 0.15) is 5.76 Å². The molecule has 11 nitrogen and oxygen atoms in total. The highest BCUT2D eigenvalue weighted by molar-refractivity contribution is 6.37. The SMILES string of the molecule is CCOC(=O)NC(=O)C(N=Nc1cc(Cl)c(Oc2cc(C(C)C)c(=O)[nH]n2)c(Cl)c1)=C(C)O. The quantitative estimate of drug-likeness (QED) is 0.271. The normalized spacial score (nSPS) is 12.0. The number of benzene rings is 1. The summed E-state index contributed by atoms with van der Waals surface area (Å²) in [7, 11) is 0. The molecule has 3 N–H and O–H groups in total. The Balaban J connectivity index is 2.27. The minimum atomic E-state index is -1.01. The van der Waals surface area contributed by atoms with Crippen LogP contribution >= 0.6 is 23.2 Å². The van der Waals surface area contributed by atoms with Crippen LogP contribution in [0.5, 0.6) is 11.6 Å². The number of hydrogen-bond donors (Lipinski definition) is 3. The molecule has 0 spiro atoms. The third-order valence-corrected chi connectivity index (χ3v) is 4.50. The highest BCUT2D eigenvalue weighted by Gasteiger charge is 2.18. The van der Waals surface area contributed by atoms with Gasteiger partial charge in [-0.1, -0.05) is 37.0 Å². The summed E-state index contributed by atoms with van der Waals surface area (Å²) in [4.78, 5) is 35.3. The van der Waals surface area contributed by atoms with Crippen molar-refractivity contribution in [2.75, 3.05) is 6.61 Å². The summed E-state index contributed by atoms with van der Waals surface area (Å²) in [5, 5.41) is 25.3. The van der Waals surface area contributed by atoms with E-state index in [9.17, 15) is 19.5 Å². The monoisotopic (exact) mass is 497 g/mol. The zero-order valence-electron chi connectivity index (χ0n) is 18.1. The van der Waals surface area contributed by atoms with Gasteiger partial charge in [-0.3, -0.25) is 14.9 Å². The molecule has 13 heteroatoms. The number of aromatic amines is 1. The van der Waals surface area contributed by atoms with Gasteiger partial charge in [0.2, 0.25) is 5.88 Å². The molecule has 2 rings (SSSR count). The number of aliphatic hydroxyl groups is 1. The zero-order valence-corrected chi connectivity index (χ0v) is 19.6. The van der Waals surface area contributed by atoms with Crippen molar-refractivity contribution in [1.29, 1.82) is 0 Å². The number of ether oxygens (including phenoxy) is 2. The number of allylic oxidation sites excluding steroid dienone is 1. The highest BCUT2D eigenvalue weighted by Crippen LogP contribution is 2.39. The Morgan fingerprint density at radius 3 is 2.42 bits per heavy atom. The van der Waals surface area contributed by atoms with E-state index in [1.807, 2.05) is 19.2 Å². The van der Waals surface area contributed by atoms with Gasteiger partial charge in [-0.2, -0.15) is 5.11 Å². The fourth-order valence-corrected chi connectivity index (χ4v) is 2.95. The molecule has 0 atom stereocenters. The topological polar surface area (TPSA) is 155 Å². The summed E-state index contributed by atoms with van der Waals surface area (Å²) < 4.78 is 10.2. The van der Waals surface area contributed by atoms with Crippen molar-refractivity contribution >= 4 is 40.9 Å². The molecule has 0 bridgehead atoms. The highest BCUT2D eigenvalue weighted by atomic mass is 35.5. The van der Waals surface area contributed by atoms with Crippen molar-refractivity contribution < 1.29 is 24.2 Å². The van der Waals surface area contributed by atoms with Gasteiger partial charge < -0.3 is 14.6 Å². The van der Waals surface area contributed by atoms with Crippen molar-refractivity contribution in [3.63, 3.8) is 0 Å². The maximum absolute atomic E-state index is 12.1. The average molecular weight is 498 g/mol. The van der Waals surface area contributed by atoms with Crippen LogP contribution in [0.1, 0.15) is 39.2 Å². The fourth-order valence-electron chi connectivity index (χ4n) is 2.40. The molecule has 0 aliphatic heterocycles. The van der Waals surface area contributed by atoms with Crippen LogP contribution in [-0.2, 0) is 9.53 Å². The number of hydrogen-bond acceptors (Lipinski definition) is 9. The van der Waals surface area contributed by atoms with Crippen LogP contribution in [0.4, 0.5) is 10.5 Å². The molecule has 33 heavy (non-hydrogen) atoms. The molecule has 0 fully saturated rings. The molecule has 0 aliphatic carbocycles. The number of rotatable bonds is 7. The number of azo groups is 1. The van der Waals surface area contributed by atoms with Crippen LogP contribution in [0, 0.1) is 0 Å². The number of carbonyl (C=O) groups excluding carboxylic acids is 2. The first-order valence-corrected chi connectivity index (χ1v) is 10.3. The Morgan fingerprint density at radius 1 is 1.24 bits per heavy atom. The average Bonchev–Trinajstić information content (AvgIpc) is 2.71. The second-order valence-corrected chi connectivity index (χ2v) is 7.61. The number of nitrogens with zero attached hydrogens (tertiary/aromatic N) is 3.